The fourth-order valence-corrected chi connectivity index (χ4v) is 3.71. The number of hydrogen-bond acceptors (Lipinski definition) is 4. The van der Waals surface area contributed by atoms with Gasteiger partial charge in [0.2, 0.25) is 11.8 Å². The van der Waals surface area contributed by atoms with Crippen LogP contribution in [-0.4, -0.2) is 21.4 Å². The normalized spacial score (nSPS) is 14.7. The molecule has 1 aliphatic rings. The number of carbonyl (C=O) groups excluding carboxylic acids is 2. The van der Waals surface area contributed by atoms with E-state index in [-0.39, 0.29) is 11.8 Å². The van der Waals surface area contributed by atoms with Gasteiger partial charge in [-0.2, -0.15) is 0 Å². The van der Waals surface area contributed by atoms with Gasteiger partial charge in [0.25, 0.3) is 0 Å². The minimum absolute atomic E-state index is 0.127. The second-order valence-electron chi connectivity index (χ2n) is 7.05. The molecule has 0 unspecified atom stereocenters. The highest BCUT2D eigenvalue weighted by Crippen LogP contribution is 2.25. The number of fused-ring (bicyclic) bond motifs is 1. The Kier molecular flexibility index (Phi) is 5.10. The Hall–Kier alpha value is -3.15. The summed E-state index contributed by atoms with van der Waals surface area (Å²) in [5.74, 6) is 0.717. The van der Waals surface area contributed by atoms with Crippen LogP contribution in [0.5, 0.6) is 0 Å². The van der Waals surface area contributed by atoms with Crippen molar-refractivity contribution >= 4 is 34.2 Å². The molecule has 2 aromatic carbocycles. The maximum absolute atomic E-state index is 12.2. The van der Waals surface area contributed by atoms with Crippen molar-refractivity contribution in [3.05, 3.63) is 54.4 Å². The van der Waals surface area contributed by atoms with E-state index in [4.69, 9.17) is 4.98 Å². The average molecular weight is 376 g/mol. The van der Waals surface area contributed by atoms with Crippen molar-refractivity contribution in [1.29, 1.82) is 0 Å². The number of piperidine rings is 1. The minimum atomic E-state index is -0.127. The number of amides is 2. The summed E-state index contributed by atoms with van der Waals surface area (Å²) in [7, 11) is 0. The van der Waals surface area contributed by atoms with Crippen molar-refractivity contribution in [1.82, 2.24) is 9.55 Å². The molecule has 0 radical (unpaired) electrons. The standard InChI is InChI=1S/C22H24N4O2/c1-2-13-25-19-10-4-3-9-18(19)24-20(25)15-23-16-7-5-8-17(14-16)26-21(27)11-6-12-22(26)28/h3-5,7-10,14,23H,2,6,11-13,15H2,1H3. The lowest BCUT2D eigenvalue weighted by atomic mass is 10.1. The zero-order valence-electron chi connectivity index (χ0n) is 16.0. The summed E-state index contributed by atoms with van der Waals surface area (Å²) in [6.07, 6.45) is 2.51. The van der Waals surface area contributed by atoms with Crippen molar-refractivity contribution in [2.24, 2.45) is 0 Å². The number of benzene rings is 2. The van der Waals surface area contributed by atoms with Crippen LogP contribution in [0.3, 0.4) is 0 Å². The number of nitrogens with zero attached hydrogens (tertiary/aromatic N) is 3. The molecule has 6 heteroatoms. The number of rotatable bonds is 6. The molecule has 4 rings (SSSR count). The molecule has 2 heterocycles. The van der Waals surface area contributed by atoms with Crippen LogP contribution in [0.1, 0.15) is 38.4 Å². The molecule has 1 N–H and O–H groups in total. The van der Waals surface area contributed by atoms with Crippen LogP contribution >= 0.6 is 0 Å². The van der Waals surface area contributed by atoms with E-state index in [9.17, 15) is 9.59 Å². The smallest absolute Gasteiger partial charge is 0.233 e. The lowest BCUT2D eigenvalue weighted by molar-refractivity contribution is -0.129. The quantitative estimate of drug-likeness (QED) is 0.658. The average Bonchev–Trinajstić information content (AvgIpc) is 3.05. The van der Waals surface area contributed by atoms with Crippen LogP contribution in [0, 0.1) is 0 Å². The molecule has 1 aromatic heterocycles. The van der Waals surface area contributed by atoms with E-state index >= 15 is 0 Å². The van der Waals surface area contributed by atoms with Crippen LogP contribution in [0.25, 0.3) is 11.0 Å². The Morgan fingerprint density at radius 2 is 1.82 bits per heavy atom. The molecule has 1 fully saturated rings. The number of aryl methyl sites for hydroxylation is 1. The van der Waals surface area contributed by atoms with Crippen molar-refractivity contribution in [3.8, 4) is 0 Å². The SMILES string of the molecule is CCCn1c(CNc2cccc(N3C(=O)CCCC3=O)c2)nc2ccccc21. The largest absolute Gasteiger partial charge is 0.378 e. The number of imide groups is 1. The number of hydrogen-bond donors (Lipinski definition) is 1. The first-order chi connectivity index (χ1) is 13.7. The molecule has 1 saturated heterocycles. The fourth-order valence-electron chi connectivity index (χ4n) is 3.71. The molecular weight excluding hydrogens is 352 g/mol. The van der Waals surface area contributed by atoms with Crippen LogP contribution < -0.4 is 10.2 Å². The van der Waals surface area contributed by atoms with Crippen LogP contribution in [0.4, 0.5) is 11.4 Å². The van der Waals surface area contributed by atoms with Gasteiger partial charge in [0.15, 0.2) is 0 Å². The minimum Gasteiger partial charge on any atom is -0.378 e. The highest BCUT2D eigenvalue weighted by Gasteiger charge is 2.27. The molecule has 3 aromatic rings. The Morgan fingerprint density at radius 1 is 1.04 bits per heavy atom. The first-order valence-electron chi connectivity index (χ1n) is 9.81. The molecule has 1 aliphatic heterocycles. The summed E-state index contributed by atoms with van der Waals surface area (Å²) >= 11 is 0. The molecule has 2 amide bonds. The molecule has 0 aliphatic carbocycles. The topological polar surface area (TPSA) is 67.2 Å². The monoisotopic (exact) mass is 376 g/mol. The van der Waals surface area contributed by atoms with Gasteiger partial charge in [0.1, 0.15) is 5.82 Å². The third-order valence-corrected chi connectivity index (χ3v) is 5.02. The van der Waals surface area contributed by atoms with Gasteiger partial charge < -0.3 is 9.88 Å². The Bertz CT molecular complexity index is 1010. The van der Waals surface area contributed by atoms with Gasteiger partial charge in [0, 0.05) is 25.1 Å². The molecule has 0 spiro atoms. The number of anilines is 2. The third-order valence-electron chi connectivity index (χ3n) is 5.02. The highest BCUT2D eigenvalue weighted by atomic mass is 16.2. The van der Waals surface area contributed by atoms with E-state index < -0.39 is 0 Å². The van der Waals surface area contributed by atoms with Gasteiger partial charge in [-0.25, -0.2) is 4.98 Å². The zero-order chi connectivity index (χ0) is 19.5. The molecule has 6 nitrogen and oxygen atoms in total. The van der Waals surface area contributed by atoms with Crippen molar-refractivity contribution in [2.75, 3.05) is 10.2 Å². The van der Waals surface area contributed by atoms with Gasteiger partial charge in [-0.15, -0.1) is 0 Å². The molecule has 0 saturated carbocycles. The van der Waals surface area contributed by atoms with Gasteiger partial charge in [-0.3, -0.25) is 14.5 Å². The second kappa shape index (κ2) is 7.84. The predicted molar refractivity (Wildman–Crippen MR) is 110 cm³/mol. The van der Waals surface area contributed by atoms with Gasteiger partial charge in [-0.05, 0) is 43.2 Å². The van der Waals surface area contributed by atoms with E-state index in [0.717, 1.165) is 35.5 Å². The van der Waals surface area contributed by atoms with Crippen LogP contribution in [-0.2, 0) is 22.7 Å². The first-order valence-corrected chi connectivity index (χ1v) is 9.81. The van der Waals surface area contributed by atoms with Crippen LogP contribution in [0.2, 0.25) is 0 Å². The summed E-state index contributed by atoms with van der Waals surface area (Å²) in [4.78, 5) is 30.4. The first kappa shape index (κ1) is 18.2. The van der Waals surface area contributed by atoms with Gasteiger partial charge in [-0.1, -0.05) is 25.1 Å². The number of aromatic nitrogens is 2. The summed E-state index contributed by atoms with van der Waals surface area (Å²) < 4.78 is 2.24. The molecule has 144 valence electrons. The molecular formula is C22H24N4O2. The Balaban J connectivity index is 1.56. The highest BCUT2D eigenvalue weighted by molar-refractivity contribution is 6.16. The van der Waals surface area contributed by atoms with Crippen LogP contribution in [0.15, 0.2) is 48.5 Å². The maximum atomic E-state index is 12.2. The van der Waals surface area contributed by atoms with Gasteiger partial charge in [0.05, 0.1) is 23.3 Å². The van der Waals surface area contributed by atoms with Crippen molar-refractivity contribution in [2.45, 2.75) is 45.7 Å². The summed E-state index contributed by atoms with van der Waals surface area (Å²) in [5, 5.41) is 3.40. The van der Waals surface area contributed by atoms with Crippen molar-refractivity contribution < 1.29 is 9.59 Å². The number of nitrogens with one attached hydrogen (secondary N) is 1. The lowest BCUT2D eigenvalue weighted by Gasteiger charge is -2.25. The molecule has 0 atom stereocenters. The number of imidazole rings is 1. The molecule has 0 bridgehead atoms. The van der Waals surface area contributed by atoms with E-state index in [1.54, 1.807) is 6.07 Å². The molecule has 28 heavy (non-hydrogen) atoms. The van der Waals surface area contributed by atoms with E-state index in [0.29, 0.717) is 31.5 Å². The lowest BCUT2D eigenvalue weighted by Crippen LogP contribution is -2.40. The van der Waals surface area contributed by atoms with Gasteiger partial charge >= 0.3 is 0 Å². The summed E-state index contributed by atoms with van der Waals surface area (Å²) in [6.45, 7) is 3.64. The fraction of sp³-hybridized carbons (Fsp3) is 0.318. The summed E-state index contributed by atoms with van der Waals surface area (Å²) in [6, 6.07) is 15.6. The summed E-state index contributed by atoms with van der Waals surface area (Å²) in [5.41, 5.74) is 3.62. The number of para-hydroxylation sites is 2. The Morgan fingerprint density at radius 3 is 2.61 bits per heavy atom. The van der Waals surface area contributed by atoms with Crippen molar-refractivity contribution in [3.63, 3.8) is 0 Å². The number of carbonyl (C=O) groups is 2. The Labute approximate surface area is 164 Å². The predicted octanol–water partition coefficient (Wildman–Crippen LogP) is 4.10. The third kappa shape index (κ3) is 3.50. The van der Waals surface area contributed by atoms with E-state index in [2.05, 4.69) is 22.9 Å². The van der Waals surface area contributed by atoms with E-state index in [1.165, 1.54) is 4.90 Å². The maximum Gasteiger partial charge on any atom is 0.233 e. The van der Waals surface area contributed by atoms with E-state index in [1.807, 2.05) is 36.4 Å². The second-order valence-corrected chi connectivity index (χ2v) is 7.05. The zero-order valence-corrected chi connectivity index (χ0v) is 16.0.